The first kappa shape index (κ1) is 18.0. The van der Waals surface area contributed by atoms with Crippen molar-refractivity contribution in [2.75, 3.05) is 13.2 Å². The number of halogens is 1. The fraction of sp³-hybridized carbons (Fsp3) is 0.562. The Balaban J connectivity index is 2.60. The Labute approximate surface area is 135 Å². The molecular weight excluding hydrogens is 334 g/mol. The molecule has 1 rings (SSSR count). The lowest BCUT2D eigenvalue weighted by molar-refractivity contribution is -0.148. The third kappa shape index (κ3) is 6.06. The highest BCUT2D eigenvalue weighted by atomic mass is 79.9. The van der Waals surface area contributed by atoms with Gasteiger partial charge in [0.05, 0.1) is 9.89 Å². The van der Waals surface area contributed by atoms with Gasteiger partial charge >= 0.3 is 5.97 Å². The van der Waals surface area contributed by atoms with Crippen molar-refractivity contribution in [1.29, 1.82) is 0 Å². The van der Waals surface area contributed by atoms with Gasteiger partial charge in [-0.3, -0.25) is 4.79 Å². The number of benzene rings is 1. The van der Waals surface area contributed by atoms with E-state index in [4.69, 9.17) is 9.84 Å². The fourth-order valence-corrected chi connectivity index (χ4v) is 2.14. The Morgan fingerprint density at radius 2 is 2.10 bits per heavy atom. The number of aliphatic carboxylic acids is 1. The summed E-state index contributed by atoms with van der Waals surface area (Å²) in [6, 6.07) is 5.85. The highest BCUT2D eigenvalue weighted by Crippen LogP contribution is 2.28. The fourth-order valence-electron chi connectivity index (χ4n) is 1.60. The van der Waals surface area contributed by atoms with Crippen LogP contribution in [0.4, 0.5) is 0 Å². The maximum atomic E-state index is 11.1. The average Bonchev–Trinajstić information content (AvgIpc) is 2.37. The molecule has 0 atom stereocenters. The third-order valence-corrected chi connectivity index (χ3v) is 3.67. The van der Waals surface area contributed by atoms with Crippen LogP contribution in [0.5, 0.6) is 5.75 Å². The first-order chi connectivity index (χ1) is 9.72. The highest BCUT2D eigenvalue weighted by Gasteiger charge is 2.28. The minimum atomic E-state index is -0.906. The molecule has 0 spiro atoms. The molecule has 1 aromatic carbocycles. The molecule has 0 aromatic heterocycles. The molecule has 1 aromatic rings. The zero-order valence-corrected chi connectivity index (χ0v) is 14.7. The van der Waals surface area contributed by atoms with Crippen LogP contribution in [0.1, 0.15) is 33.3 Å². The van der Waals surface area contributed by atoms with E-state index in [1.807, 2.05) is 18.2 Å². The summed E-state index contributed by atoms with van der Waals surface area (Å²) in [4.78, 5) is 11.1. The normalized spacial score (nSPS) is 11.7. The van der Waals surface area contributed by atoms with Gasteiger partial charge in [-0.15, -0.1) is 0 Å². The van der Waals surface area contributed by atoms with Gasteiger partial charge in [0.2, 0.25) is 0 Å². The highest BCUT2D eigenvalue weighted by molar-refractivity contribution is 9.10. The molecule has 0 unspecified atom stereocenters. The molecule has 21 heavy (non-hydrogen) atoms. The summed E-state index contributed by atoms with van der Waals surface area (Å²) in [7, 11) is 0. The van der Waals surface area contributed by atoms with E-state index in [0.717, 1.165) is 23.1 Å². The molecule has 0 aliphatic rings. The van der Waals surface area contributed by atoms with E-state index in [-0.39, 0.29) is 6.61 Å². The van der Waals surface area contributed by atoms with Gasteiger partial charge in [0.15, 0.2) is 0 Å². The van der Waals surface area contributed by atoms with E-state index in [1.54, 1.807) is 13.8 Å². The summed E-state index contributed by atoms with van der Waals surface area (Å²) >= 11 is 3.47. The van der Waals surface area contributed by atoms with E-state index >= 15 is 0 Å². The number of rotatable bonds is 8. The van der Waals surface area contributed by atoms with Gasteiger partial charge in [-0.25, -0.2) is 0 Å². The first-order valence-corrected chi connectivity index (χ1v) is 7.87. The van der Waals surface area contributed by atoms with Crippen molar-refractivity contribution in [3.8, 4) is 5.75 Å². The second-order valence-electron chi connectivity index (χ2n) is 6.27. The van der Waals surface area contributed by atoms with Gasteiger partial charge in [-0.2, -0.15) is 0 Å². The van der Waals surface area contributed by atoms with Crippen LogP contribution in [0.15, 0.2) is 22.7 Å². The number of carbonyl (C=O) groups is 1. The Kier molecular flexibility index (Phi) is 6.68. The van der Waals surface area contributed by atoms with Gasteiger partial charge in [-0.05, 0) is 59.9 Å². The maximum absolute atomic E-state index is 11.1. The van der Waals surface area contributed by atoms with E-state index in [1.165, 1.54) is 0 Å². The number of hydrogen-bond donors (Lipinski definition) is 2. The number of carboxylic acid groups (broad SMARTS) is 1. The van der Waals surface area contributed by atoms with Crippen molar-refractivity contribution < 1.29 is 14.6 Å². The summed E-state index contributed by atoms with van der Waals surface area (Å²) in [5, 5.41) is 12.5. The molecule has 0 aliphatic carbocycles. The number of hydrogen-bond acceptors (Lipinski definition) is 3. The molecule has 4 nitrogen and oxygen atoms in total. The molecule has 0 saturated heterocycles. The first-order valence-electron chi connectivity index (χ1n) is 7.07. The van der Waals surface area contributed by atoms with E-state index in [9.17, 15) is 4.79 Å². The van der Waals surface area contributed by atoms with E-state index < -0.39 is 11.4 Å². The zero-order valence-electron chi connectivity index (χ0n) is 13.1. The summed E-state index contributed by atoms with van der Waals surface area (Å²) in [6.07, 6.45) is 0. The van der Waals surface area contributed by atoms with Crippen molar-refractivity contribution in [2.24, 2.45) is 11.3 Å². The molecule has 0 amide bonds. The average molecular weight is 358 g/mol. The topological polar surface area (TPSA) is 58.6 Å². The second-order valence-corrected chi connectivity index (χ2v) is 7.12. The third-order valence-electron chi connectivity index (χ3n) is 3.05. The second kappa shape index (κ2) is 7.80. The largest absolute Gasteiger partial charge is 0.491 e. The number of nitrogens with one attached hydrogen (secondary N) is 1. The molecule has 5 heteroatoms. The maximum Gasteiger partial charge on any atom is 0.312 e. The van der Waals surface area contributed by atoms with Crippen molar-refractivity contribution >= 4 is 21.9 Å². The predicted octanol–water partition coefficient (Wildman–Crippen LogP) is 3.68. The minimum absolute atomic E-state index is 0.131. The van der Waals surface area contributed by atoms with Gasteiger partial charge in [0.25, 0.3) is 0 Å². The molecule has 0 radical (unpaired) electrons. The van der Waals surface area contributed by atoms with Crippen LogP contribution in [0.2, 0.25) is 0 Å². The molecule has 0 aliphatic heterocycles. The molecule has 2 N–H and O–H groups in total. The van der Waals surface area contributed by atoms with Gasteiger partial charge in [-0.1, -0.05) is 19.9 Å². The predicted molar refractivity (Wildman–Crippen MR) is 87.6 cm³/mol. The van der Waals surface area contributed by atoms with Crippen LogP contribution in [-0.2, 0) is 11.3 Å². The summed E-state index contributed by atoms with van der Waals surface area (Å²) in [5.41, 5.74) is 0.254. The Morgan fingerprint density at radius 1 is 1.43 bits per heavy atom. The standard InChI is InChI=1S/C16H24BrNO3/c1-11(2)8-18-9-12-5-6-14(13(17)7-12)21-10-16(3,4)15(19)20/h5-7,11,18H,8-10H2,1-4H3,(H,19,20). The molecule has 0 heterocycles. The molecule has 0 fully saturated rings. The van der Waals surface area contributed by atoms with Gasteiger partial charge < -0.3 is 15.2 Å². The van der Waals surface area contributed by atoms with Crippen molar-refractivity contribution in [1.82, 2.24) is 5.32 Å². The summed E-state index contributed by atoms with van der Waals surface area (Å²) in [6.45, 7) is 9.54. The Morgan fingerprint density at radius 3 is 2.62 bits per heavy atom. The zero-order chi connectivity index (χ0) is 16.0. The quantitative estimate of drug-likeness (QED) is 0.744. The lowest BCUT2D eigenvalue weighted by atomic mass is 9.95. The Bertz CT molecular complexity index is 486. The monoisotopic (exact) mass is 357 g/mol. The number of carboxylic acids is 1. The van der Waals surface area contributed by atoms with Crippen LogP contribution < -0.4 is 10.1 Å². The molecule has 118 valence electrons. The lowest BCUT2D eigenvalue weighted by Gasteiger charge is -2.20. The van der Waals surface area contributed by atoms with Crippen LogP contribution in [0.25, 0.3) is 0 Å². The molecular formula is C16H24BrNO3. The van der Waals surface area contributed by atoms with Gasteiger partial charge in [0.1, 0.15) is 12.4 Å². The van der Waals surface area contributed by atoms with Crippen molar-refractivity contribution in [2.45, 2.75) is 34.2 Å². The van der Waals surface area contributed by atoms with E-state index in [0.29, 0.717) is 11.7 Å². The lowest BCUT2D eigenvalue weighted by Crippen LogP contribution is -2.30. The van der Waals surface area contributed by atoms with Crippen LogP contribution in [0.3, 0.4) is 0 Å². The SMILES string of the molecule is CC(C)CNCc1ccc(OCC(C)(C)C(=O)O)c(Br)c1. The van der Waals surface area contributed by atoms with Crippen molar-refractivity contribution in [3.05, 3.63) is 28.2 Å². The van der Waals surface area contributed by atoms with Crippen molar-refractivity contribution in [3.63, 3.8) is 0 Å². The Hall–Kier alpha value is -1.07. The molecule has 0 bridgehead atoms. The van der Waals surface area contributed by atoms with Gasteiger partial charge in [0, 0.05) is 6.54 Å². The van der Waals surface area contributed by atoms with Crippen LogP contribution in [-0.4, -0.2) is 24.2 Å². The van der Waals surface area contributed by atoms with Crippen LogP contribution >= 0.6 is 15.9 Å². The number of ether oxygens (including phenoxy) is 1. The molecule has 0 saturated carbocycles. The minimum Gasteiger partial charge on any atom is -0.491 e. The summed E-state index contributed by atoms with van der Waals surface area (Å²) < 4.78 is 6.45. The smallest absolute Gasteiger partial charge is 0.312 e. The summed E-state index contributed by atoms with van der Waals surface area (Å²) in [5.74, 6) is 0.416. The van der Waals surface area contributed by atoms with E-state index in [2.05, 4.69) is 35.1 Å². The van der Waals surface area contributed by atoms with Crippen LogP contribution in [0, 0.1) is 11.3 Å².